The van der Waals surface area contributed by atoms with Crippen molar-refractivity contribution in [1.29, 1.82) is 0 Å². The molecule has 120 valence electrons. The van der Waals surface area contributed by atoms with Crippen molar-refractivity contribution < 1.29 is 23.8 Å². The van der Waals surface area contributed by atoms with Gasteiger partial charge in [0.15, 0.2) is 0 Å². The first kappa shape index (κ1) is 17.4. The number of nitrogens with zero attached hydrogens (tertiary/aromatic N) is 1. The zero-order valence-corrected chi connectivity index (χ0v) is 12.7. The first-order valence-corrected chi connectivity index (χ1v) is 6.44. The number of carbonyl (C=O) groups is 2. The predicted octanol–water partition coefficient (Wildman–Crippen LogP) is -0.0835. The van der Waals surface area contributed by atoms with Crippen LogP contribution in [0.3, 0.4) is 0 Å². The minimum Gasteiger partial charge on any atom is -0.497 e. The van der Waals surface area contributed by atoms with Crippen molar-refractivity contribution in [2.24, 2.45) is 5.10 Å². The highest BCUT2D eigenvalue weighted by Crippen LogP contribution is 2.22. The third kappa shape index (κ3) is 5.41. The molecule has 22 heavy (non-hydrogen) atoms. The highest BCUT2D eigenvalue weighted by molar-refractivity contribution is 6.35. The van der Waals surface area contributed by atoms with Crippen LogP contribution < -0.4 is 20.2 Å². The summed E-state index contributed by atoms with van der Waals surface area (Å²) in [6.07, 6.45) is 1.36. The van der Waals surface area contributed by atoms with Crippen molar-refractivity contribution in [3.63, 3.8) is 0 Å². The van der Waals surface area contributed by atoms with Crippen LogP contribution in [0.1, 0.15) is 5.56 Å². The molecular weight excluding hydrogens is 290 g/mol. The zero-order chi connectivity index (χ0) is 16.4. The van der Waals surface area contributed by atoms with Crippen LogP contribution in [0.4, 0.5) is 0 Å². The van der Waals surface area contributed by atoms with E-state index in [0.717, 1.165) is 0 Å². The summed E-state index contributed by atoms with van der Waals surface area (Å²) >= 11 is 0. The average Bonchev–Trinajstić information content (AvgIpc) is 2.54. The minimum absolute atomic E-state index is 0.246. The summed E-state index contributed by atoms with van der Waals surface area (Å²) in [5.41, 5.74) is 2.73. The number of hydrogen-bond acceptors (Lipinski definition) is 6. The van der Waals surface area contributed by atoms with Gasteiger partial charge in [-0.3, -0.25) is 9.59 Å². The van der Waals surface area contributed by atoms with E-state index >= 15 is 0 Å². The highest BCUT2D eigenvalue weighted by Gasteiger charge is 2.11. The van der Waals surface area contributed by atoms with Gasteiger partial charge in [0.25, 0.3) is 0 Å². The maximum Gasteiger partial charge on any atom is 0.329 e. The molecule has 0 radical (unpaired) electrons. The first-order valence-electron chi connectivity index (χ1n) is 6.44. The number of methoxy groups -OCH3 is 3. The van der Waals surface area contributed by atoms with Crippen molar-refractivity contribution in [1.82, 2.24) is 10.7 Å². The van der Waals surface area contributed by atoms with Gasteiger partial charge < -0.3 is 19.5 Å². The van der Waals surface area contributed by atoms with Crippen molar-refractivity contribution in [3.05, 3.63) is 23.8 Å². The molecule has 0 fully saturated rings. The largest absolute Gasteiger partial charge is 0.497 e. The first-order chi connectivity index (χ1) is 10.6. The quantitative estimate of drug-likeness (QED) is 0.318. The third-order valence-electron chi connectivity index (χ3n) is 2.60. The molecule has 1 aromatic rings. The Kier molecular flexibility index (Phi) is 7.41. The summed E-state index contributed by atoms with van der Waals surface area (Å²) < 4.78 is 15.0. The van der Waals surface area contributed by atoms with Crippen LogP contribution in [0.5, 0.6) is 11.5 Å². The molecule has 0 atom stereocenters. The molecule has 1 rings (SSSR count). The Balaban J connectivity index is 2.61. The lowest BCUT2D eigenvalue weighted by molar-refractivity contribution is -0.139. The van der Waals surface area contributed by atoms with Gasteiger partial charge in [0.05, 0.1) is 27.0 Å². The number of rotatable bonds is 7. The smallest absolute Gasteiger partial charge is 0.329 e. The van der Waals surface area contributed by atoms with Gasteiger partial charge in [0.2, 0.25) is 0 Å². The summed E-state index contributed by atoms with van der Waals surface area (Å²) in [6.45, 7) is 0.569. The summed E-state index contributed by atoms with van der Waals surface area (Å²) in [4.78, 5) is 22.9. The second-order valence-electron chi connectivity index (χ2n) is 4.06. The molecule has 1 aromatic carbocycles. The number of hydrogen-bond donors (Lipinski definition) is 2. The molecule has 0 unspecified atom stereocenters. The van der Waals surface area contributed by atoms with Gasteiger partial charge in [-0.1, -0.05) is 0 Å². The number of nitrogens with one attached hydrogen (secondary N) is 2. The number of benzene rings is 1. The fourth-order valence-corrected chi connectivity index (χ4v) is 1.50. The fourth-order valence-electron chi connectivity index (χ4n) is 1.50. The van der Waals surface area contributed by atoms with E-state index in [1.807, 2.05) is 0 Å². The van der Waals surface area contributed by atoms with Crippen molar-refractivity contribution in [2.45, 2.75) is 0 Å². The fraction of sp³-hybridized carbons (Fsp3) is 0.357. The molecule has 2 amide bonds. The third-order valence-corrected chi connectivity index (χ3v) is 2.60. The van der Waals surface area contributed by atoms with Gasteiger partial charge in [-0.05, 0) is 18.2 Å². The van der Waals surface area contributed by atoms with Crippen LogP contribution >= 0.6 is 0 Å². The maximum atomic E-state index is 11.5. The average molecular weight is 309 g/mol. The van der Waals surface area contributed by atoms with E-state index in [0.29, 0.717) is 23.7 Å². The lowest BCUT2D eigenvalue weighted by Gasteiger charge is -2.06. The molecule has 0 aromatic heterocycles. The molecule has 2 N–H and O–H groups in total. The number of amides is 2. The van der Waals surface area contributed by atoms with E-state index in [4.69, 9.17) is 14.2 Å². The Labute approximate surface area is 128 Å². The van der Waals surface area contributed by atoms with Crippen LogP contribution in [0, 0.1) is 0 Å². The van der Waals surface area contributed by atoms with Crippen LogP contribution in [0.15, 0.2) is 23.3 Å². The van der Waals surface area contributed by atoms with Gasteiger partial charge in [-0.2, -0.15) is 5.10 Å². The SMILES string of the molecule is COCCNC(=O)C(=O)N/N=C\c1cc(OC)ccc1OC. The molecule has 0 saturated carbocycles. The maximum absolute atomic E-state index is 11.5. The van der Waals surface area contributed by atoms with Crippen LogP contribution in [0.2, 0.25) is 0 Å². The monoisotopic (exact) mass is 309 g/mol. The summed E-state index contributed by atoms with van der Waals surface area (Å²) in [6, 6.07) is 5.13. The molecule has 0 aliphatic carbocycles. The van der Waals surface area contributed by atoms with E-state index < -0.39 is 11.8 Å². The molecule has 0 heterocycles. The van der Waals surface area contributed by atoms with Gasteiger partial charge in [0, 0.05) is 19.2 Å². The molecule has 0 saturated heterocycles. The van der Waals surface area contributed by atoms with E-state index in [-0.39, 0.29) is 6.54 Å². The van der Waals surface area contributed by atoms with Gasteiger partial charge >= 0.3 is 11.8 Å². The van der Waals surface area contributed by atoms with Crippen molar-refractivity contribution >= 4 is 18.0 Å². The molecule has 0 bridgehead atoms. The summed E-state index contributed by atoms with van der Waals surface area (Å²) in [5.74, 6) is -0.477. The molecule has 0 aliphatic heterocycles. The molecule has 0 spiro atoms. The van der Waals surface area contributed by atoms with E-state index in [1.54, 1.807) is 18.2 Å². The van der Waals surface area contributed by atoms with Gasteiger partial charge in [-0.15, -0.1) is 0 Å². The Hall–Kier alpha value is -2.61. The number of hydrazone groups is 1. The standard InChI is InChI=1S/C14H19N3O5/c1-20-7-6-15-13(18)14(19)17-16-9-10-8-11(21-2)4-5-12(10)22-3/h4-5,8-9H,6-7H2,1-3H3,(H,15,18)(H,17,19)/b16-9-. The molecule has 0 aliphatic rings. The van der Waals surface area contributed by atoms with E-state index in [1.165, 1.54) is 27.5 Å². The number of carbonyl (C=O) groups excluding carboxylic acids is 2. The lowest BCUT2D eigenvalue weighted by atomic mass is 10.2. The topological polar surface area (TPSA) is 98.2 Å². The molecule has 8 heteroatoms. The van der Waals surface area contributed by atoms with Crippen molar-refractivity contribution in [2.75, 3.05) is 34.5 Å². The van der Waals surface area contributed by atoms with Crippen LogP contribution in [-0.2, 0) is 14.3 Å². The van der Waals surface area contributed by atoms with E-state index in [2.05, 4.69) is 15.8 Å². The van der Waals surface area contributed by atoms with Crippen LogP contribution in [-0.4, -0.2) is 52.5 Å². The zero-order valence-electron chi connectivity index (χ0n) is 12.7. The predicted molar refractivity (Wildman–Crippen MR) is 80.2 cm³/mol. The lowest BCUT2D eigenvalue weighted by Crippen LogP contribution is -2.39. The van der Waals surface area contributed by atoms with Crippen molar-refractivity contribution in [3.8, 4) is 11.5 Å². The molecule has 8 nitrogen and oxygen atoms in total. The summed E-state index contributed by atoms with van der Waals surface area (Å²) in [5, 5.41) is 6.10. The summed E-state index contributed by atoms with van der Waals surface area (Å²) in [7, 11) is 4.55. The molecular formula is C14H19N3O5. The van der Waals surface area contributed by atoms with Gasteiger partial charge in [0.1, 0.15) is 11.5 Å². The second-order valence-corrected chi connectivity index (χ2v) is 4.06. The Bertz CT molecular complexity index is 545. The van der Waals surface area contributed by atoms with Crippen LogP contribution in [0.25, 0.3) is 0 Å². The van der Waals surface area contributed by atoms with Gasteiger partial charge in [-0.25, -0.2) is 5.43 Å². The normalized spacial score (nSPS) is 10.3. The Morgan fingerprint density at radius 1 is 1.18 bits per heavy atom. The minimum atomic E-state index is -0.866. The number of ether oxygens (including phenoxy) is 3. The Morgan fingerprint density at radius 3 is 2.59 bits per heavy atom. The Morgan fingerprint density at radius 2 is 1.95 bits per heavy atom. The second kappa shape index (κ2) is 9.35. The highest BCUT2D eigenvalue weighted by atomic mass is 16.5. The van der Waals surface area contributed by atoms with E-state index in [9.17, 15) is 9.59 Å².